The molecule has 4 saturated carbocycles. The molecule has 2 saturated heterocycles. The number of carbonyl (C=O) groups excluding carboxylic acids is 2. The molecule has 4 bridgehead atoms. The summed E-state index contributed by atoms with van der Waals surface area (Å²) in [7, 11) is 0. The van der Waals surface area contributed by atoms with E-state index in [0.29, 0.717) is 23.1 Å². The molecule has 10 nitrogen and oxygen atoms in total. The van der Waals surface area contributed by atoms with Crippen LogP contribution in [0.15, 0.2) is 47.3 Å². The quantitative estimate of drug-likeness (QED) is 0.169. The highest BCUT2D eigenvalue weighted by molar-refractivity contribution is 5.99. The van der Waals surface area contributed by atoms with Crippen LogP contribution in [0.4, 0.5) is 5.69 Å². The molecule has 3 heterocycles. The normalized spacial score (nSPS) is 24.9. The zero-order valence-corrected chi connectivity index (χ0v) is 35.4. The van der Waals surface area contributed by atoms with Crippen LogP contribution in [0.1, 0.15) is 96.6 Å². The fourth-order valence-electron chi connectivity index (χ4n) is 11.6. The van der Waals surface area contributed by atoms with Crippen molar-refractivity contribution in [3.05, 3.63) is 86.3 Å². The van der Waals surface area contributed by atoms with Crippen LogP contribution in [0.3, 0.4) is 0 Å². The Morgan fingerprint density at radius 2 is 1.52 bits per heavy atom. The van der Waals surface area contributed by atoms with E-state index >= 15 is 0 Å². The lowest BCUT2D eigenvalue weighted by Gasteiger charge is -2.54. The van der Waals surface area contributed by atoms with Gasteiger partial charge in [0.05, 0.1) is 0 Å². The summed E-state index contributed by atoms with van der Waals surface area (Å²) in [5, 5.41) is 6.36. The molecule has 3 aromatic rings. The Morgan fingerprint density at radius 1 is 0.845 bits per heavy atom. The van der Waals surface area contributed by atoms with Crippen LogP contribution >= 0.6 is 0 Å². The minimum absolute atomic E-state index is 0.162. The molecule has 6 aliphatic rings. The van der Waals surface area contributed by atoms with E-state index in [9.17, 15) is 14.4 Å². The number of aryl methyl sites for hydroxylation is 2. The van der Waals surface area contributed by atoms with E-state index in [1.165, 1.54) is 37.7 Å². The first kappa shape index (κ1) is 40.8. The van der Waals surface area contributed by atoms with Crippen molar-refractivity contribution in [2.24, 2.45) is 29.6 Å². The van der Waals surface area contributed by atoms with E-state index in [-0.39, 0.29) is 23.9 Å². The summed E-state index contributed by atoms with van der Waals surface area (Å²) in [4.78, 5) is 50.0. The SMILES string of the molecule is CCN(c1cc(-c2ccc(CN3CCN(CCNC(=O)CC4C5CC6CC(C5)CC4C6)CC3)cc2)cc(C(=O)NCc2c(C)cc(C)[nH]c2=O)c1C)C1CCOCC1. The molecule has 6 fully saturated rings. The number of anilines is 1. The Kier molecular flexibility index (Phi) is 12.7. The molecule has 312 valence electrons. The highest BCUT2D eigenvalue weighted by atomic mass is 16.5. The van der Waals surface area contributed by atoms with Gasteiger partial charge in [-0.1, -0.05) is 24.3 Å². The number of aromatic nitrogens is 1. The lowest BCUT2D eigenvalue weighted by atomic mass is 9.51. The fraction of sp³-hybridized carbons (Fsp3) is 0.604. The van der Waals surface area contributed by atoms with Crippen molar-refractivity contribution in [1.82, 2.24) is 25.4 Å². The maximum Gasteiger partial charge on any atom is 0.253 e. The van der Waals surface area contributed by atoms with Gasteiger partial charge in [0.1, 0.15) is 0 Å². The van der Waals surface area contributed by atoms with Gasteiger partial charge in [-0.3, -0.25) is 24.2 Å². The van der Waals surface area contributed by atoms with Crippen LogP contribution < -0.4 is 21.1 Å². The molecule has 2 aliphatic heterocycles. The van der Waals surface area contributed by atoms with E-state index in [2.05, 4.69) is 67.6 Å². The van der Waals surface area contributed by atoms with Gasteiger partial charge in [-0.2, -0.15) is 0 Å². The molecule has 0 radical (unpaired) electrons. The number of rotatable bonds is 14. The molecule has 58 heavy (non-hydrogen) atoms. The van der Waals surface area contributed by atoms with Gasteiger partial charge in [-0.15, -0.1) is 0 Å². The molecule has 2 aromatic carbocycles. The second-order valence-electron chi connectivity index (χ2n) is 18.4. The second kappa shape index (κ2) is 18.1. The third-order valence-electron chi connectivity index (χ3n) is 14.6. The lowest BCUT2D eigenvalue weighted by molar-refractivity contribution is -0.126. The molecule has 0 spiro atoms. The van der Waals surface area contributed by atoms with Gasteiger partial charge in [0.25, 0.3) is 11.5 Å². The van der Waals surface area contributed by atoms with Gasteiger partial charge < -0.3 is 25.3 Å². The maximum absolute atomic E-state index is 14.0. The molecule has 3 N–H and O–H groups in total. The van der Waals surface area contributed by atoms with Gasteiger partial charge >= 0.3 is 0 Å². The number of carbonyl (C=O) groups is 2. The van der Waals surface area contributed by atoms with Crippen LogP contribution in [-0.2, 0) is 22.6 Å². The Hall–Kier alpha value is -3.99. The fourth-order valence-corrected chi connectivity index (χ4v) is 11.6. The Morgan fingerprint density at radius 3 is 2.17 bits per heavy atom. The number of pyridine rings is 1. The highest BCUT2D eigenvalue weighted by Crippen LogP contribution is 2.57. The third kappa shape index (κ3) is 9.24. The molecular formula is C48H66N6O4. The smallest absolute Gasteiger partial charge is 0.253 e. The first-order valence-corrected chi connectivity index (χ1v) is 22.4. The first-order chi connectivity index (χ1) is 28.1. The van der Waals surface area contributed by atoms with Gasteiger partial charge in [0.2, 0.25) is 5.91 Å². The number of aromatic amines is 1. The van der Waals surface area contributed by atoms with Gasteiger partial charge in [-0.05, 0) is 148 Å². The molecule has 2 amide bonds. The molecular weight excluding hydrogens is 725 g/mol. The number of piperazine rings is 1. The van der Waals surface area contributed by atoms with Crippen LogP contribution in [0.25, 0.3) is 11.1 Å². The average molecular weight is 791 g/mol. The minimum Gasteiger partial charge on any atom is -0.381 e. The zero-order valence-electron chi connectivity index (χ0n) is 35.4. The monoisotopic (exact) mass is 791 g/mol. The van der Waals surface area contributed by atoms with E-state index in [1.807, 2.05) is 32.9 Å². The van der Waals surface area contributed by atoms with Crippen molar-refractivity contribution in [3.63, 3.8) is 0 Å². The Labute approximate surface area is 345 Å². The molecule has 1 aromatic heterocycles. The van der Waals surface area contributed by atoms with Crippen LogP contribution in [0, 0.1) is 50.4 Å². The lowest BCUT2D eigenvalue weighted by Crippen LogP contribution is -2.49. The van der Waals surface area contributed by atoms with Crippen molar-refractivity contribution >= 4 is 17.5 Å². The van der Waals surface area contributed by atoms with Crippen LogP contribution in [0.2, 0.25) is 0 Å². The summed E-state index contributed by atoms with van der Waals surface area (Å²) in [5.41, 5.74) is 8.09. The molecule has 4 aliphatic carbocycles. The topological polar surface area (TPSA) is 110 Å². The number of H-pyrrole nitrogens is 1. The summed E-state index contributed by atoms with van der Waals surface area (Å²) >= 11 is 0. The predicted molar refractivity (Wildman–Crippen MR) is 231 cm³/mol. The Bertz CT molecular complexity index is 1950. The largest absolute Gasteiger partial charge is 0.381 e. The zero-order chi connectivity index (χ0) is 40.3. The van der Waals surface area contributed by atoms with Crippen molar-refractivity contribution < 1.29 is 14.3 Å². The molecule has 0 atom stereocenters. The van der Waals surface area contributed by atoms with Crippen molar-refractivity contribution in [2.45, 2.75) is 98.2 Å². The summed E-state index contributed by atoms with van der Waals surface area (Å²) in [6, 6.07) is 15.4. The average Bonchev–Trinajstić information content (AvgIpc) is 3.21. The number of nitrogens with one attached hydrogen (secondary N) is 3. The predicted octanol–water partition coefficient (Wildman–Crippen LogP) is 6.60. The number of hydrogen-bond donors (Lipinski definition) is 3. The van der Waals surface area contributed by atoms with E-state index in [0.717, 1.165) is 142 Å². The van der Waals surface area contributed by atoms with Gasteiger partial charge in [0.15, 0.2) is 0 Å². The number of ether oxygens (including phenoxy) is 1. The number of amides is 2. The summed E-state index contributed by atoms with van der Waals surface area (Å²) in [6.07, 6.45) is 9.63. The standard InChI is InChI=1S/C48H66N6O4/c1-5-54(41-10-18-58-19-11-41)45-27-38(26-42(33(45)4)47(56)50-29-44-31(2)20-32(3)51-48(44)57)37-8-6-34(7-9-37)30-53-16-14-52(15-17-53)13-12-49-46(55)28-43-39-22-35-21-36(24-39)25-40(43)23-35/h6-9,20,26-27,35-36,39-41,43H,5,10-19,21-25,28-30H2,1-4H3,(H,49,55)(H,50,56)(H,51,57). The van der Waals surface area contributed by atoms with Crippen LogP contribution in [-0.4, -0.2) is 91.7 Å². The Balaban J connectivity index is 0.874. The van der Waals surface area contributed by atoms with E-state index in [1.54, 1.807) is 0 Å². The molecule has 10 heteroatoms. The second-order valence-corrected chi connectivity index (χ2v) is 18.4. The summed E-state index contributed by atoms with van der Waals surface area (Å²) < 4.78 is 5.71. The molecule has 9 rings (SSSR count). The number of benzene rings is 2. The minimum atomic E-state index is -0.182. The first-order valence-electron chi connectivity index (χ1n) is 22.4. The summed E-state index contributed by atoms with van der Waals surface area (Å²) in [5.74, 6) is 4.25. The van der Waals surface area contributed by atoms with Gasteiger partial charge in [0, 0.05) is 107 Å². The third-order valence-corrected chi connectivity index (χ3v) is 14.6. The molecule has 0 unspecified atom stereocenters. The summed E-state index contributed by atoms with van der Waals surface area (Å²) in [6.45, 7) is 17.1. The van der Waals surface area contributed by atoms with Crippen molar-refractivity contribution in [3.8, 4) is 11.1 Å². The van der Waals surface area contributed by atoms with Crippen LogP contribution in [0.5, 0.6) is 0 Å². The maximum atomic E-state index is 14.0. The van der Waals surface area contributed by atoms with Crippen molar-refractivity contribution in [2.75, 3.05) is 63.9 Å². The van der Waals surface area contributed by atoms with E-state index in [4.69, 9.17) is 4.74 Å². The van der Waals surface area contributed by atoms with Crippen molar-refractivity contribution in [1.29, 1.82) is 0 Å². The highest BCUT2D eigenvalue weighted by Gasteiger charge is 2.48. The van der Waals surface area contributed by atoms with E-state index < -0.39 is 0 Å². The number of nitrogens with zero attached hydrogens (tertiary/aromatic N) is 3. The number of hydrogen-bond acceptors (Lipinski definition) is 7. The van der Waals surface area contributed by atoms with Gasteiger partial charge in [-0.25, -0.2) is 0 Å².